The maximum absolute atomic E-state index is 13.1. The van der Waals surface area contributed by atoms with Crippen LogP contribution in [0.15, 0.2) is 67.0 Å². The van der Waals surface area contributed by atoms with E-state index >= 15 is 0 Å². The fourth-order valence-corrected chi connectivity index (χ4v) is 4.38. The number of esters is 1. The van der Waals surface area contributed by atoms with Crippen LogP contribution in [0.25, 0.3) is 11.1 Å². The Morgan fingerprint density at radius 3 is 2.11 bits per heavy atom. The molecule has 8 nitrogen and oxygen atoms in total. The fraction of sp³-hybridized carbons (Fsp3) is 0.310. The average molecular weight is 504 g/mol. The summed E-state index contributed by atoms with van der Waals surface area (Å²) in [4.78, 5) is 51.1. The van der Waals surface area contributed by atoms with Gasteiger partial charge in [0.05, 0.1) is 6.54 Å². The molecule has 0 atom stereocenters. The first-order chi connectivity index (χ1) is 17.4. The van der Waals surface area contributed by atoms with Gasteiger partial charge in [0.15, 0.2) is 0 Å². The van der Waals surface area contributed by atoms with E-state index in [1.165, 1.54) is 11.8 Å². The number of amides is 3. The van der Waals surface area contributed by atoms with E-state index in [1.807, 2.05) is 45.9 Å². The summed E-state index contributed by atoms with van der Waals surface area (Å²) < 4.78 is 5.52. The molecule has 0 unspecified atom stereocenters. The summed E-state index contributed by atoms with van der Waals surface area (Å²) in [6.45, 7) is 16.8. The number of benzene rings is 2. The second-order valence-corrected chi connectivity index (χ2v) is 9.72. The number of rotatable bonds is 9. The highest BCUT2D eigenvalue weighted by Crippen LogP contribution is 2.34. The van der Waals surface area contributed by atoms with Crippen LogP contribution < -0.4 is 10.6 Å². The van der Waals surface area contributed by atoms with Crippen molar-refractivity contribution in [2.24, 2.45) is 11.8 Å². The lowest BCUT2D eigenvalue weighted by Crippen LogP contribution is -2.37. The molecule has 0 saturated carbocycles. The first-order valence-electron chi connectivity index (χ1n) is 12.1. The molecule has 1 aliphatic heterocycles. The molecule has 0 radical (unpaired) electrons. The van der Waals surface area contributed by atoms with Crippen LogP contribution in [0.3, 0.4) is 0 Å². The van der Waals surface area contributed by atoms with Crippen LogP contribution in [0, 0.1) is 11.8 Å². The highest BCUT2D eigenvalue weighted by molar-refractivity contribution is 6.08. The van der Waals surface area contributed by atoms with Crippen molar-refractivity contribution in [2.45, 2.75) is 47.3 Å². The third-order valence-electron chi connectivity index (χ3n) is 6.14. The van der Waals surface area contributed by atoms with E-state index in [0.29, 0.717) is 11.3 Å². The Balaban J connectivity index is 1.73. The van der Waals surface area contributed by atoms with E-state index < -0.39 is 11.9 Å². The van der Waals surface area contributed by atoms with Gasteiger partial charge in [-0.25, -0.2) is 4.79 Å². The summed E-state index contributed by atoms with van der Waals surface area (Å²) in [6.07, 6.45) is -0.329. The molecular weight excluding hydrogens is 470 g/mol. The molecule has 37 heavy (non-hydrogen) atoms. The number of carbonyl (C=O) groups excluding carboxylic acids is 4. The van der Waals surface area contributed by atoms with Crippen LogP contribution in [-0.2, 0) is 25.7 Å². The zero-order valence-corrected chi connectivity index (χ0v) is 21.9. The molecule has 0 aromatic heterocycles. The molecule has 2 N–H and O–H groups in total. The smallest absolute Gasteiger partial charge is 0.354 e. The molecule has 0 bridgehead atoms. The molecule has 0 saturated heterocycles. The van der Waals surface area contributed by atoms with Crippen molar-refractivity contribution in [2.75, 3.05) is 5.32 Å². The van der Waals surface area contributed by atoms with Gasteiger partial charge in [-0.05, 0) is 46.7 Å². The Morgan fingerprint density at radius 2 is 1.54 bits per heavy atom. The number of hydrogen-bond donors (Lipinski definition) is 2. The minimum atomic E-state index is -0.727. The molecule has 3 amide bonds. The first kappa shape index (κ1) is 27.4. The highest BCUT2D eigenvalue weighted by atomic mass is 16.5. The van der Waals surface area contributed by atoms with Gasteiger partial charge in [0.2, 0.25) is 5.91 Å². The van der Waals surface area contributed by atoms with Crippen molar-refractivity contribution in [1.82, 2.24) is 10.2 Å². The number of fused-ring (bicyclic) bond motifs is 1. The van der Waals surface area contributed by atoms with Gasteiger partial charge in [0, 0.05) is 18.2 Å². The molecule has 0 fully saturated rings. The summed E-state index contributed by atoms with van der Waals surface area (Å²) in [5.74, 6) is -1.77. The summed E-state index contributed by atoms with van der Waals surface area (Å²) in [7, 11) is 0. The Bertz CT molecular complexity index is 1250. The van der Waals surface area contributed by atoms with Gasteiger partial charge in [-0.1, -0.05) is 65.1 Å². The molecule has 194 valence electrons. The largest absolute Gasteiger partial charge is 0.457 e. The normalized spacial score (nSPS) is 12.5. The molecule has 2 aromatic rings. The monoisotopic (exact) mass is 503 g/mol. The Kier molecular flexibility index (Phi) is 8.32. The number of carbonyl (C=O) groups is 4. The predicted octanol–water partition coefficient (Wildman–Crippen LogP) is 4.64. The van der Waals surface area contributed by atoms with Crippen LogP contribution in [0.4, 0.5) is 5.69 Å². The molecule has 0 aliphatic carbocycles. The summed E-state index contributed by atoms with van der Waals surface area (Å²) in [5.41, 5.74) is 3.25. The van der Waals surface area contributed by atoms with Gasteiger partial charge >= 0.3 is 5.97 Å². The Hall–Kier alpha value is -4.20. The lowest BCUT2D eigenvalue weighted by atomic mass is 9.96. The van der Waals surface area contributed by atoms with Crippen LogP contribution in [0.2, 0.25) is 0 Å². The zero-order chi connectivity index (χ0) is 27.4. The standard InChI is InChI=1S/C29H33N3O5/c1-16(2)26(17(3)4)37-29(36)18(5)30-27(34)19(6)32-15-25-23(9-8-10-24(25)28(32)35)21-11-13-22(14-12-21)31-20(7)33/h8-14,16-17,26H,5-6,15H2,1-4,7H3,(H,30,34)(H,31,33). The SMILES string of the molecule is C=C(NC(=O)C(=C)N1Cc2c(cccc2-c2ccc(NC(C)=O)cc2)C1=O)C(=O)OC(C(C)C)C(C)C. The molecule has 2 aromatic carbocycles. The van der Waals surface area contributed by atoms with Crippen molar-refractivity contribution < 1.29 is 23.9 Å². The van der Waals surface area contributed by atoms with E-state index in [-0.39, 0.29) is 47.7 Å². The molecule has 8 heteroatoms. The van der Waals surface area contributed by atoms with Crippen molar-refractivity contribution >= 4 is 29.4 Å². The minimum absolute atomic E-state index is 0.0962. The maximum Gasteiger partial charge on any atom is 0.354 e. The third kappa shape index (κ3) is 6.14. The van der Waals surface area contributed by atoms with E-state index in [1.54, 1.807) is 24.3 Å². The average Bonchev–Trinajstić information content (AvgIpc) is 3.18. The molecule has 1 aliphatic rings. The second kappa shape index (κ2) is 11.2. The number of anilines is 1. The van der Waals surface area contributed by atoms with E-state index in [9.17, 15) is 19.2 Å². The van der Waals surface area contributed by atoms with Gasteiger partial charge in [0.1, 0.15) is 17.5 Å². The van der Waals surface area contributed by atoms with E-state index in [2.05, 4.69) is 23.8 Å². The summed E-state index contributed by atoms with van der Waals surface area (Å²) in [5, 5.41) is 5.14. The van der Waals surface area contributed by atoms with Gasteiger partial charge in [-0.2, -0.15) is 0 Å². The first-order valence-corrected chi connectivity index (χ1v) is 12.1. The maximum atomic E-state index is 13.1. The lowest BCUT2D eigenvalue weighted by molar-refractivity contribution is -0.150. The minimum Gasteiger partial charge on any atom is -0.457 e. The number of hydrogen-bond acceptors (Lipinski definition) is 5. The van der Waals surface area contributed by atoms with Crippen LogP contribution in [0.5, 0.6) is 0 Å². The van der Waals surface area contributed by atoms with Gasteiger partial charge in [-0.15, -0.1) is 0 Å². The highest BCUT2D eigenvalue weighted by Gasteiger charge is 2.34. The van der Waals surface area contributed by atoms with Gasteiger partial charge in [-0.3, -0.25) is 19.3 Å². The predicted molar refractivity (Wildman–Crippen MR) is 142 cm³/mol. The molecule has 3 rings (SSSR count). The number of nitrogens with one attached hydrogen (secondary N) is 2. The van der Waals surface area contributed by atoms with Crippen molar-refractivity contribution in [3.8, 4) is 11.1 Å². The lowest BCUT2D eigenvalue weighted by Gasteiger charge is -2.25. The third-order valence-corrected chi connectivity index (χ3v) is 6.14. The summed E-state index contributed by atoms with van der Waals surface area (Å²) >= 11 is 0. The van der Waals surface area contributed by atoms with E-state index in [4.69, 9.17) is 4.74 Å². The fourth-order valence-electron chi connectivity index (χ4n) is 4.38. The number of nitrogens with zero attached hydrogens (tertiary/aromatic N) is 1. The van der Waals surface area contributed by atoms with Crippen LogP contribution in [-0.4, -0.2) is 34.7 Å². The van der Waals surface area contributed by atoms with E-state index in [0.717, 1.165) is 16.7 Å². The Labute approximate surface area is 217 Å². The molecular formula is C29H33N3O5. The van der Waals surface area contributed by atoms with Crippen molar-refractivity contribution in [1.29, 1.82) is 0 Å². The van der Waals surface area contributed by atoms with Crippen LogP contribution in [0.1, 0.15) is 50.5 Å². The summed E-state index contributed by atoms with van der Waals surface area (Å²) in [6, 6.07) is 12.6. The van der Waals surface area contributed by atoms with Crippen LogP contribution >= 0.6 is 0 Å². The number of ether oxygens (including phenoxy) is 1. The zero-order valence-electron chi connectivity index (χ0n) is 21.9. The van der Waals surface area contributed by atoms with Gasteiger partial charge < -0.3 is 15.4 Å². The second-order valence-electron chi connectivity index (χ2n) is 9.72. The van der Waals surface area contributed by atoms with Crippen molar-refractivity contribution in [3.63, 3.8) is 0 Å². The molecule has 1 heterocycles. The van der Waals surface area contributed by atoms with Gasteiger partial charge in [0.25, 0.3) is 11.8 Å². The van der Waals surface area contributed by atoms with Crippen molar-refractivity contribution in [3.05, 3.63) is 78.1 Å². The molecule has 0 spiro atoms. The Morgan fingerprint density at radius 1 is 0.946 bits per heavy atom. The topological polar surface area (TPSA) is 105 Å². The quantitative estimate of drug-likeness (QED) is 0.383.